The zero-order chi connectivity index (χ0) is 12.4. The van der Waals surface area contributed by atoms with Gasteiger partial charge in [0.25, 0.3) is 0 Å². The molecule has 0 radical (unpaired) electrons. The van der Waals surface area contributed by atoms with Crippen LogP contribution in [0.15, 0.2) is 4.99 Å². The molecule has 0 N–H and O–H groups in total. The first-order chi connectivity index (χ1) is 7.74. The predicted molar refractivity (Wildman–Crippen MR) is 73.3 cm³/mol. The Labute approximate surface area is 102 Å². The second-order valence-corrected chi connectivity index (χ2v) is 4.07. The maximum absolute atomic E-state index is 4.56. The van der Waals surface area contributed by atoms with Crippen molar-refractivity contribution in [3.63, 3.8) is 0 Å². The van der Waals surface area contributed by atoms with Gasteiger partial charge in [0.1, 0.15) is 0 Å². The maximum atomic E-state index is 4.56. The van der Waals surface area contributed by atoms with Crippen molar-refractivity contribution < 1.29 is 0 Å². The van der Waals surface area contributed by atoms with Crippen molar-refractivity contribution in [2.24, 2.45) is 4.99 Å². The normalized spacial score (nSPS) is 18.8. The number of rotatable bonds is 2. The second-order valence-electron chi connectivity index (χ2n) is 4.07. The van der Waals surface area contributed by atoms with E-state index in [9.17, 15) is 0 Å². The Balaban J connectivity index is 0.00000106. The van der Waals surface area contributed by atoms with Crippen LogP contribution in [0, 0.1) is 0 Å². The van der Waals surface area contributed by atoms with Crippen LogP contribution in [-0.4, -0.2) is 55.4 Å². The maximum Gasteiger partial charge on any atom is 0.0957 e. The van der Waals surface area contributed by atoms with Crippen molar-refractivity contribution in [2.45, 2.75) is 40.5 Å². The molecule has 1 aliphatic heterocycles. The predicted octanol–water partition coefficient (Wildman–Crippen LogP) is 2.48. The molecular weight excluding hydrogens is 198 g/mol. The molecule has 1 heterocycles. The summed E-state index contributed by atoms with van der Waals surface area (Å²) in [6.45, 7) is 14.0. The lowest BCUT2D eigenvalue weighted by molar-refractivity contribution is 0.346. The van der Waals surface area contributed by atoms with Gasteiger partial charge in [-0.15, -0.1) is 0 Å². The van der Waals surface area contributed by atoms with Gasteiger partial charge in [-0.1, -0.05) is 20.8 Å². The Hall–Kier alpha value is -0.570. The summed E-state index contributed by atoms with van der Waals surface area (Å²) in [6.07, 6.45) is 2.40. The van der Waals surface area contributed by atoms with E-state index in [0.29, 0.717) is 0 Å². The highest BCUT2D eigenvalue weighted by atomic mass is 15.2. The number of nitrogens with zero attached hydrogens (tertiary/aromatic N) is 3. The molecule has 0 aromatic carbocycles. The third-order valence-electron chi connectivity index (χ3n) is 2.74. The average Bonchev–Trinajstić information content (AvgIpc) is 2.53. The first-order valence-corrected chi connectivity index (χ1v) is 6.68. The van der Waals surface area contributed by atoms with Gasteiger partial charge in [-0.2, -0.15) is 0 Å². The molecule has 3 heteroatoms. The average molecular weight is 227 g/mol. The molecular formula is C13H29N3. The van der Waals surface area contributed by atoms with Gasteiger partial charge in [0.05, 0.1) is 5.84 Å². The van der Waals surface area contributed by atoms with Crippen molar-refractivity contribution in [2.75, 3.05) is 39.8 Å². The van der Waals surface area contributed by atoms with Crippen LogP contribution in [-0.2, 0) is 0 Å². The fraction of sp³-hybridized carbons (Fsp3) is 0.923. The Bertz CT molecular complexity index is 190. The zero-order valence-corrected chi connectivity index (χ0v) is 11.8. The molecule has 1 saturated heterocycles. The van der Waals surface area contributed by atoms with Crippen LogP contribution in [0.2, 0.25) is 0 Å². The summed E-state index contributed by atoms with van der Waals surface area (Å²) >= 11 is 0. The second kappa shape index (κ2) is 9.64. The quantitative estimate of drug-likeness (QED) is 0.533. The highest BCUT2D eigenvalue weighted by Gasteiger charge is 2.12. The summed E-state index contributed by atoms with van der Waals surface area (Å²) in [5.74, 6) is 1.22. The SMILES string of the molecule is CC.CCCN=C(C)N1CCCN(C)CC1. The van der Waals surface area contributed by atoms with E-state index in [1.165, 1.54) is 31.9 Å². The summed E-state index contributed by atoms with van der Waals surface area (Å²) < 4.78 is 0. The van der Waals surface area contributed by atoms with E-state index in [0.717, 1.165) is 19.5 Å². The number of hydrogen-bond donors (Lipinski definition) is 0. The molecule has 96 valence electrons. The lowest BCUT2D eigenvalue weighted by Crippen LogP contribution is -2.33. The van der Waals surface area contributed by atoms with Gasteiger partial charge in [-0.05, 0) is 33.4 Å². The lowest BCUT2D eigenvalue weighted by atomic mass is 10.4. The van der Waals surface area contributed by atoms with Crippen molar-refractivity contribution in [1.82, 2.24) is 9.80 Å². The molecule has 0 bridgehead atoms. The van der Waals surface area contributed by atoms with E-state index >= 15 is 0 Å². The van der Waals surface area contributed by atoms with Crippen molar-refractivity contribution in [3.8, 4) is 0 Å². The van der Waals surface area contributed by atoms with E-state index in [2.05, 4.69) is 35.7 Å². The van der Waals surface area contributed by atoms with Crippen LogP contribution in [0.25, 0.3) is 0 Å². The van der Waals surface area contributed by atoms with Crippen LogP contribution < -0.4 is 0 Å². The van der Waals surface area contributed by atoms with Crippen LogP contribution >= 0.6 is 0 Å². The van der Waals surface area contributed by atoms with E-state index in [1.54, 1.807) is 0 Å². The largest absolute Gasteiger partial charge is 0.359 e. The van der Waals surface area contributed by atoms with Crippen LogP contribution in [0.4, 0.5) is 0 Å². The van der Waals surface area contributed by atoms with Gasteiger partial charge < -0.3 is 9.80 Å². The van der Waals surface area contributed by atoms with Crippen molar-refractivity contribution in [1.29, 1.82) is 0 Å². The first kappa shape index (κ1) is 15.4. The van der Waals surface area contributed by atoms with E-state index < -0.39 is 0 Å². The van der Waals surface area contributed by atoms with Gasteiger partial charge in [-0.25, -0.2) is 0 Å². The highest BCUT2D eigenvalue weighted by molar-refractivity contribution is 5.79. The van der Waals surface area contributed by atoms with Crippen LogP contribution in [0.5, 0.6) is 0 Å². The Morgan fingerprint density at radius 1 is 1.12 bits per heavy atom. The summed E-state index contributed by atoms with van der Waals surface area (Å²) in [4.78, 5) is 9.37. The highest BCUT2D eigenvalue weighted by Crippen LogP contribution is 2.02. The molecule has 0 spiro atoms. The summed E-state index contributed by atoms with van der Waals surface area (Å²) in [5, 5.41) is 0. The fourth-order valence-electron chi connectivity index (χ4n) is 1.74. The minimum absolute atomic E-state index is 0.970. The van der Waals surface area contributed by atoms with Crippen molar-refractivity contribution >= 4 is 5.84 Å². The third kappa shape index (κ3) is 6.11. The Morgan fingerprint density at radius 2 is 1.81 bits per heavy atom. The molecule has 16 heavy (non-hydrogen) atoms. The third-order valence-corrected chi connectivity index (χ3v) is 2.74. The van der Waals surface area contributed by atoms with Gasteiger partial charge >= 0.3 is 0 Å². The fourth-order valence-corrected chi connectivity index (χ4v) is 1.74. The molecule has 1 fully saturated rings. The minimum Gasteiger partial charge on any atom is -0.359 e. The Kier molecular flexibility index (Phi) is 9.30. The minimum atomic E-state index is 0.970. The molecule has 0 atom stereocenters. The van der Waals surface area contributed by atoms with Crippen molar-refractivity contribution in [3.05, 3.63) is 0 Å². The molecule has 0 saturated carbocycles. The molecule has 3 nitrogen and oxygen atoms in total. The smallest absolute Gasteiger partial charge is 0.0957 e. The molecule has 1 rings (SSSR count). The number of aliphatic imine (C=N–C) groups is 1. The standard InChI is InChI=1S/C11H23N3.C2H6/c1-4-6-12-11(2)14-8-5-7-13(3)9-10-14;1-2/h4-10H2,1-3H3;1-2H3. The molecule has 1 aliphatic rings. The number of likely N-dealkylation sites (N-methyl/N-ethyl adjacent to an activating group) is 1. The summed E-state index contributed by atoms with van der Waals surface area (Å²) in [6, 6.07) is 0. The van der Waals surface area contributed by atoms with Gasteiger partial charge in [0, 0.05) is 26.2 Å². The molecule has 0 aromatic heterocycles. The zero-order valence-electron chi connectivity index (χ0n) is 11.8. The van der Waals surface area contributed by atoms with E-state index in [1.807, 2.05) is 13.8 Å². The molecule has 0 aliphatic carbocycles. The van der Waals surface area contributed by atoms with E-state index in [4.69, 9.17) is 0 Å². The van der Waals surface area contributed by atoms with Crippen LogP contribution in [0.1, 0.15) is 40.5 Å². The van der Waals surface area contributed by atoms with Gasteiger partial charge in [-0.3, -0.25) is 4.99 Å². The molecule has 0 unspecified atom stereocenters. The summed E-state index contributed by atoms with van der Waals surface area (Å²) in [7, 11) is 2.20. The van der Waals surface area contributed by atoms with Gasteiger partial charge in [0.15, 0.2) is 0 Å². The first-order valence-electron chi connectivity index (χ1n) is 6.68. The van der Waals surface area contributed by atoms with E-state index in [-0.39, 0.29) is 0 Å². The Morgan fingerprint density at radius 3 is 2.44 bits per heavy atom. The number of hydrogen-bond acceptors (Lipinski definition) is 2. The number of amidine groups is 1. The van der Waals surface area contributed by atoms with Crippen LogP contribution in [0.3, 0.4) is 0 Å². The van der Waals surface area contributed by atoms with Gasteiger partial charge in [0.2, 0.25) is 0 Å². The summed E-state index contributed by atoms with van der Waals surface area (Å²) in [5.41, 5.74) is 0. The molecule has 0 amide bonds. The molecule has 0 aromatic rings. The lowest BCUT2D eigenvalue weighted by Gasteiger charge is -2.22. The topological polar surface area (TPSA) is 18.8 Å². The monoisotopic (exact) mass is 227 g/mol.